The Morgan fingerprint density at radius 3 is 2.43 bits per heavy atom. The maximum Gasteiger partial charge on any atom is 0.426 e. The van der Waals surface area contributed by atoms with Gasteiger partial charge in [0.25, 0.3) is 0 Å². The number of thioether (sulfide) groups is 1. The number of halogens is 3. The fraction of sp³-hybridized carbons (Fsp3) is 0.182. The third-order valence-electron chi connectivity index (χ3n) is 4.31. The van der Waals surface area contributed by atoms with E-state index in [1.54, 1.807) is 31.2 Å². The highest BCUT2D eigenvalue weighted by Crippen LogP contribution is 2.46. The Balaban J connectivity index is 2.25. The van der Waals surface area contributed by atoms with Gasteiger partial charge in [-0.3, -0.25) is 0 Å². The zero-order chi connectivity index (χ0) is 21.9. The first kappa shape index (κ1) is 21.9. The summed E-state index contributed by atoms with van der Waals surface area (Å²) in [5.74, 6) is -0.873. The molecule has 1 aromatic heterocycles. The normalized spacial score (nSPS) is 11.2. The van der Waals surface area contributed by atoms with Crippen molar-refractivity contribution in [3.63, 3.8) is 0 Å². The van der Waals surface area contributed by atoms with Crippen molar-refractivity contribution in [3.8, 4) is 28.3 Å². The summed E-state index contributed by atoms with van der Waals surface area (Å²) < 4.78 is 45.5. The first-order chi connectivity index (χ1) is 14.3. The van der Waals surface area contributed by atoms with Gasteiger partial charge in [0, 0.05) is 10.5 Å². The van der Waals surface area contributed by atoms with Gasteiger partial charge in [-0.05, 0) is 35.9 Å². The molecule has 0 amide bonds. The molecule has 0 saturated carbocycles. The smallest absolute Gasteiger partial charge is 0.426 e. The van der Waals surface area contributed by atoms with Gasteiger partial charge in [0.15, 0.2) is 0 Å². The number of thiophene rings is 1. The van der Waals surface area contributed by atoms with Crippen LogP contribution in [0.25, 0.3) is 22.3 Å². The quantitative estimate of drug-likeness (QED) is 0.316. The summed E-state index contributed by atoms with van der Waals surface area (Å²) in [4.78, 5) is 11.9. The van der Waals surface area contributed by atoms with Crippen molar-refractivity contribution >= 4 is 29.1 Å². The summed E-state index contributed by atoms with van der Waals surface area (Å²) in [7, 11) is 0. The van der Waals surface area contributed by atoms with Gasteiger partial charge < -0.3 is 4.74 Å². The maximum atomic E-state index is 13.5. The van der Waals surface area contributed by atoms with Crippen LogP contribution in [0.15, 0.2) is 53.4 Å². The molecule has 0 unspecified atom stereocenters. The van der Waals surface area contributed by atoms with E-state index in [0.29, 0.717) is 5.56 Å². The number of alkyl halides is 3. The van der Waals surface area contributed by atoms with Gasteiger partial charge in [0.1, 0.15) is 15.8 Å². The third-order valence-corrected chi connectivity index (χ3v) is 6.31. The van der Waals surface area contributed by atoms with E-state index in [4.69, 9.17) is 4.74 Å². The molecule has 0 atom stereocenters. The Morgan fingerprint density at radius 1 is 1.17 bits per heavy atom. The molecule has 0 radical (unpaired) electrons. The molecule has 0 spiro atoms. The van der Waals surface area contributed by atoms with Crippen molar-refractivity contribution in [2.24, 2.45) is 0 Å². The monoisotopic (exact) mass is 447 g/mol. The molecular formula is C22H16F3NO2S2. The number of hydrogen-bond donors (Lipinski definition) is 0. The minimum absolute atomic E-state index is 0.0163. The Bertz CT molecular complexity index is 1120. The molecule has 3 nitrogen and oxygen atoms in total. The zero-order valence-electron chi connectivity index (χ0n) is 16.0. The lowest BCUT2D eigenvalue weighted by atomic mass is 9.97. The van der Waals surface area contributed by atoms with Crippen LogP contribution in [0.4, 0.5) is 13.2 Å². The topological polar surface area (TPSA) is 50.1 Å². The molecule has 154 valence electrons. The zero-order valence-corrected chi connectivity index (χ0v) is 17.7. The lowest BCUT2D eigenvalue weighted by molar-refractivity contribution is -0.134. The van der Waals surface area contributed by atoms with Crippen LogP contribution in [-0.2, 0) is 10.9 Å². The molecule has 0 aliphatic carbocycles. The number of nitrogens with zero attached hydrogens (tertiary/aromatic N) is 1. The molecule has 8 heteroatoms. The average molecular weight is 448 g/mol. The Labute approximate surface area is 180 Å². The average Bonchev–Trinajstić information content (AvgIpc) is 3.14. The number of rotatable bonds is 5. The number of nitriles is 1. The molecule has 30 heavy (non-hydrogen) atoms. The Morgan fingerprint density at radius 2 is 1.87 bits per heavy atom. The summed E-state index contributed by atoms with van der Waals surface area (Å²) in [6.45, 7) is 1.59. The van der Waals surface area contributed by atoms with E-state index in [-0.39, 0.29) is 28.4 Å². The number of carbonyl (C=O) groups excluding carboxylic acids is 1. The number of carbonyl (C=O) groups is 1. The standard InChI is InChI=1S/C22H16F3NO2S2/c1-3-28-21(27)19-18(16(12-26)20(30-19)22(23,24)25)14-9-10-15(17(11-14)29-2)13-7-5-4-6-8-13/h4-11H,3H2,1-2H3. The fourth-order valence-electron chi connectivity index (χ4n) is 3.06. The molecule has 3 rings (SSSR count). The summed E-state index contributed by atoms with van der Waals surface area (Å²) in [5, 5.41) is 9.51. The largest absolute Gasteiger partial charge is 0.462 e. The lowest BCUT2D eigenvalue weighted by Gasteiger charge is -2.12. The number of ether oxygens (including phenoxy) is 1. The predicted octanol–water partition coefficient (Wildman–Crippen LogP) is 6.87. The van der Waals surface area contributed by atoms with Crippen LogP contribution in [0.5, 0.6) is 0 Å². The van der Waals surface area contributed by atoms with Crippen LogP contribution in [-0.4, -0.2) is 18.8 Å². The lowest BCUT2D eigenvalue weighted by Crippen LogP contribution is -2.04. The molecule has 0 aliphatic rings. The van der Waals surface area contributed by atoms with E-state index in [9.17, 15) is 23.2 Å². The van der Waals surface area contributed by atoms with Crippen molar-refractivity contribution in [2.45, 2.75) is 18.0 Å². The van der Waals surface area contributed by atoms with E-state index in [1.807, 2.05) is 36.6 Å². The third kappa shape index (κ3) is 4.23. The Kier molecular flexibility index (Phi) is 6.54. The van der Waals surface area contributed by atoms with Crippen LogP contribution in [0.3, 0.4) is 0 Å². The van der Waals surface area contributed by atoms with Crippen molar-refractivity contribution < 1.29 is 22.7 Å². The molecule has 0 saturated heterocycles. The highest BCUT2D eigenvalue weighted by molar-refractivity contribution is 7.98. The van der Waals surface area contributed by atoms with Crippen LogP contribution >= 0.6 is 23.1 Å². The summed E-state index contributed by atoms with van der Waals surface area (Å²) in [6.07, 6.45) is -2.89. The van der Waals surface area contributed by atoms with Gasteiger partial charge in [-0.25, -0.2) is 4.79 Å². The summed E-state index contributed by atoms with van der Waals surface area (Å²) in [5.41, 5.74) is 1.64. The second-order valence-electron chi connectivity index (χ2n) is 6.12. The van der Waals surface area contributed by atoms with Gasteiger partial charge in [0.05, 0.1) is 12.2 Å². The molecule has 0 N–H and O–H groups in total. The van der Waals surface area contributed by atoms with E-state index in [1.165, 1.54) is 11.8 Å². The van der Waals surface area contributed by atoms with Crippen molar-refractivity contribution in [2.75, 3.05) is 12.9 Å². The molecule has 1 heterocycles. The highest BCUT2D eigenvalue weighted by Gasteiger charge is 2.40. The van der Waals surface area contributed by atoms with Crippen molar-refractivity contribution in [1.29, 1.82) is 5.26 Å². The SMILES string of the molecule is CCOC(=O)c1sc(C(F)(F)F)c(C#N)c1-c1ccc(-c2ccccc2)c(SC)c1. The minimum atomic E-state index is -4.75. The van der Waals surface area contributed by atoms with E-state index >= 15 is 0 Å². The van der Waals surface area contributed by atoms with Crippen LogP contribution in [0, 0.1) is 11.3 Å². The van der Waals surface area contributed by atoms with E-state index < -0.39 is 22.6 Å². The van der Waals surface area contributed by atoms with E-state index in [2.05, 4.69) is 0 Å². The van der Waals surface area contributed by atoms with Gasteiger partial charge >= 0.3 is 12.1 Å². The molecule has 0 fully saturated rings. The summed E-state index contributed by atoms with van der Waals surface area (Å²) >= 11 is 1.68. The summed E-state index contributed by atoms with van der Waals surface area (Å²) in [6, 6.07) is 16.3. The number of hydrogen-bond acceptors (Lipinski definition) is 5. The molecule has 0 aliphatic heterocycles. The minimum Gasteiger partial charge on any atom is -0.462 e. The predicted molar refractivity (Wildman–Crippen MR) is 113 cm³/mol. The van der Waals surface area contributed by atoms with Gasteiger partial charge in [-0.15, -0.1) is 23.1 Å². The van der Waals surface area contributed by atoms with E-state index in [0.717, 1.165) is 16.0 Å². The molecular weight excluding hydrogens is 431 g/mol. The van der Waals surface area contributed by atoms with Gasteiger partial charge in [0.2, 0.25) is 0 Å². The first-order valence-electron chi connectivity index (χ1n) is 8.86. The van der Waals surface area contributed by atoms with Crippen LogP contribution in [0.1, 0.15) is 27.0 Å². The van der Waals surface area contributed by atoms with Gasteiger partial charge in [-0.2, -0.15) is 18.4 Å². The second-order valence-corrected chi connectivity index (χ2v) is 7.99. The molecule has 2 aromatic carbocycles. The highest BCUT2D eigenvalue weighted by atomic mass is 32.2. The second kappa shape index (κ2) is 8.94. The van der Waals surface area contributed by atoms with Gasteiger partial charge in [-0.1, -0.05) is 42.5 Å². The first-order valence-corrected chi connectivity index (χ1v) is 10.9. The fourth-order valence-corrected chi connectivity index (χ4v) is 4.74. The van der Waals surface area contributed by atoms with Crippen molar-refractivity contribution in [1.82, 2.24) is 0 Å². The van der Waals surface area contributed by atoms with Crippen LogP contribution < -0.4 is 0 Å². The maximum absolute atomic E-state index is 13.5. The van der Waals surface area contributed by atoms with Crippen LogP contribution in [0.2, 0.25) is 0 Å². The Hall–Kier alpha value is -2.76. The van der Waals surface area contributed by atoms with Crippen molar-refractivity contribution in [3.05, 3.63) is 63.8 Å². The number of esters is 1. The molecule has 3 aromatic rings. The number of benzene rings is 2. The molecule has 0 bridgehead atoms.